The average Bonchev–Trinajstić information content (AvgIpc) is 2.72. The number of nitrogens with one attached hydrogen (secondary N) is 1. The molecule has 2 aromatic rings. The van der Waals surface area contributed by atoms with Crippen molar-refractivity contribution in [1.29, 1.82) is 0 Å². The first-order valence-electron chi connectivity index (χ1n) is 5.07. The third-order valence-corrected chi connectivity index (χ3v) is 2.38. The lowest BCUT2D eigenvalue weighted by atomic mass is 10.3. The fourth-order valence-corrected chi connectivity index (χ4v) is 1.42. The van der Waals surface area contributed by atoms with E-state index in [4.69, 9.17) is 5.11 Å². The van der Waals surface area contributed by atoms with Crippen LogP contribution in [0.2, 0.25) is 0 Å². The second-order valence-electron chi connectivity index (χ2n) is 3.53. The monoisotopic (exact) mass is 232 g/mol. The predicted molar refractivity (Wildman–Crippen MR) is 61.7 cm³/mol. The van der Waals surface area contributed by atoms with Crippen molar-refractivity contribution >= 4 is 11.7 Å². The number of aromatic carboxylic acids is 1. The lowest BCUT2D eigenvalue weighted by Gasteiger charge is -2.06. The molecular weight excluding hydrogens is 220 g/mol. The number of carbonyl (C=O) groups is 1. The van der Waals surface area contributed by atoms with Crippen LogP contribution in [0.4, 0.5) is 5.69 Å². The Labute approximate surface area is 97.9 Å². The standard InChI is InChI=1S/C11H12N4O2/c1-15-9(3-5-14-15)7-13-8-2-4-12-10(6-8)11(16)17/h2-6H,7H2,1H3,(H,12,13)(H,16,17). The van der Waals surface area contributed by atoms with Crippen molar-refractivity contribution in [1.82, 2.24) is 14.8 Å². The molecule has 0 atom stereocenters. The highest BCUT2D eigenvalue weighted by Gasteiger charge is 2.05. The summed E-state index contributed by atoms with van der Waals surface area (Å²) in [6, 6.07) is 5.12. The molecule has 0 aliphatic rings. The van der Waals surface area contributed by atoms with Gasteiger partial charge in [-0.2, -0.15) is 5.10 Å². The molecule has 0 saturated carbocycles. The fourth-order valence-electron chi connectivity index (χ4n) is 1.42. The van der Waals surface area contributed by atoms with Gasteiger partial charge >= 0.3 is 5.97 Å². The van der Waals surface area contributed by atoms with Crippen LogP contribution in [0.15, 0.2) is 30.6 Å². The van der Waals surface area contributed by atoms with Gasteiger partial charge in [-0.05, 0) is 18.2 Å². The maximum Gasteiger partial charge on any atom is 0.354 e. The van der Waals surface area contributed by atoms with Gasteiger partial charge in [-0.1, -0.05) is 0 Å². The van der Waals surface area contributed by atoms with E-state index in [1.54, 1.807) is 16.9 Å². The van der Waals surface area contributed by atoms with Crippen molar-refractivity contribution in [2.75, 3.05) is 5.32 Å². The first-order chi connectivity index (χ1) is 8.16. The van der Waals surface area contributed by atoms with Gasteiger partial charge in [0, 0.05) is 25.1 Å². The molecule has 6 heteroatoms. The van der Waals surface area contributed by atoms with E-state index in [0.29, 0.717) is 6.54 Å². The molecule has 0 bridgehead atoms. The maximum absolute atomic E-state index is 10.7. The Hall–Kier alpha value is -2.37. The molecule has 0 fully saturated rings. The van der Waals surface area contributed by atoms with Crippen molar-refractivity contribution in [3.05, 3.63) is 42.0 Å². The maximum atomic E-state index is 10.7. The molecule has 2 N–H and O–H groups in total. The lowest BCUT2D eigenvalue weighted by Crippen LogP contribution is -2.07. The molecule has 0 aromatic carbocycles. The highest BCUT2D eigenvalue weighted by atomic mass is 16.4. The topological polar surface area (TPSA) is 80.0 Å². The van der Waals surface area contributed by atoms with Gasteiger partial charge in [0.05, 0.1) is 12.2 Å². The Balaban J connectivity index is 2.07. The van der Waals surface area contributed by atoms with Crippen LogP contribution >= 0.6 is 0 Å². The quantitative estimate of drug-likeness (QED) is 0.825. The Morgan fingerprint density at radius 1 is 1.47 bits per heavy atom. The minimum atomic E-state index is -1.03. The smallest absolute Gasteiger partial charge is 0.354 e. The average molecular weight is 232 g/mol. The van der Waals surface area contributed by atoms with Gasteiger partial charge < -0.3 is 10.4 Å². The number of anilines is 1. The molecular formula is C11H12N4O2. The summed E-state index contributed by atoms with van der Waals surface area (Å²) in [5, 5.41) is 16.0. The number of nitrogens with zero attached hydrogens (tertiary/aromatic N) is 3. The molecule has 88 valence electrons. The Morgan fingerprint density at radius 2 is 2.29 bits per heavy atom. The SMILES string of the molecule is Cn1nccc1CNc1ccnc(C(=O)O)c1. The number of aryl methyl sites for hydroxylation is 1. The molecule has 0 radical (unpaired) electrons. The number of carboxylic acid groups (broad SMARTS) is 1. The zero-order valence-corrected chi connectivity index (χ0v) is 9.29. The van der Waals surface area contributed by atoms with Crippen molar-refractivity contribution < 1.29 is 9.90 Å². The van der Waals surface area contributed by atoms with E-state index in [1.165, 1.54) is 12.3 Å². The third-order valence-electron chi connectivity index (χ3n) is 2.38. The molecule has 0 unspecified atom stereocenters. The van der Waals surface area contributed by atoms with Gasteiger partial charge in [0.1, 0.15) is 5.69 Å². The highest BCUT2D eigenvalue weighted by molar-refractivity contribution is 5.86. The van der Waals surface area contributed by atoms with Gasteiger partial charge in [0.25, 0.3) is 0 Å². The van der Waals surface area contributed by atoms with Gasteiger partial charge in [0.2, 0.25) is 0 Å². The van der Waals surface area contributed by atoms with E-state index in [2.05, 4.69) is 15.4 Å². The van der Waals surface area contributed by atoms with Gasteiger partial charge in [-0.25, -0.2) is 9.78 Å². The molecule has 17 heavy (non-hydrogen) atoms. The lowest BCUT2D eigenvalue weighted by molar-refractivity contribution is 0.0690. The van der Waals surface area contributed by atoms with Crippen LogP contribution in [0.25, 0.3) is 0 Å². The van der Waals surface area contributed by atoms with E-state index in [1.807, 2.05) is 13.1 Å². The Morgan fingerprint density at radius 3 is 2.94 bits per heavy atom. The normalized spacial score (nSPS) is 10.2. The first-order valence-corrected chi connectivity index (χ1v) is 5.07. The number of hydrogen-bond donors (Lipinski definition) is 2. The van der Waals surface area contributed by atoms with Crippen LogP contribution in [0.5, 0.6) is 0 Å². The number of carboxylic acids is 1. The van der Waals surface area contributed by atoms with E-state index < -0.39 is 5.97 Å². The molecule has 2 rings (SSSR count). The van der Waals surface area contributed by atoms with Gasteiger partial charge in [-0.15, -0.1) is 0 Å². The van der Waals surface area contributed by atoms with Crippen LogP contribution in [0.3, 0.4) is 0 Å². The summed E-state index contributed by atoms with van der Waals surface area (Å²) < 4.78 is 1.76. The van der Waals surface area contributed by atoms with Crippen molar-refractivity contribution in [3.8, 4) is 0 Å². The van der Waals surface area contributed by atoms with E-state index in [0.717, 1.165) is 11.4 Å². The van der Waals surface area contributed by atoms with Crippen LogP contribution in [-0.2, 0) is 13.6 Å². The zero-order valence-electron chi connectivity index (χ0n) is 9.29. The second kappa shape index (κ2) is 4.65. The minimum absolute atomic E-state index is 0.0278. The number of pyridine rings is 1. The summed E-state index contributed by atoms with van der Waals surface area (Å²) in [6.45, 7) is 0.583. The minimum Gasteiger partial charge on any atom is -0.477 e. The summed E-state index contributed by atoms with van der Waals surface area (Å²) in [5.74, 6) is -1.03. The summed E-state index contributed by atoms with van der Waals surface area (Å²) in [6.07, 6.45) is 3.18. The number of aromatic nitrogens is 3. The van der Waals surface area contributed by atoms with E-state index in [-0.39, 0.29) is 5.69 Å². The summed E-state index contributed by atoms with van der Waals surface area (Å²) in [4.78, 5) is 14.5. The number of hydrogen-bond acceptors (Lipinski definition) is 4. The van der Waals surface area contributed by atoms with Crippen LogP contribution in [-0.4, -0.2) is 25.8 Å². The Kier molecular flexibility index (Phi) is 3.04. The fraction of sp³-hybridized carbons (Fsp3) is 0.182. The summed E-state index contributed by atoms with van der Waals surface area (Å²) >= 11 is 0. The van der Waals surface area contributed by atoms with Crippen molar-refractivity contribution in [2.45, 2.75) is 6.54 Å². The molecule has 0 amide bonds. The largest absolute Gasteiger partial charge is 0.477 e. The summed E-state index contributed by atoms with van der Waals surface area (Å²) in [7, 11) is 1.85. The predicted octanol–water partition coefficient (Wildman–Crippen LogP) is 1.13. The van der Waals surface area contributed by atoms with Crippen LogP contribution in [0, 0.1) is 0 Å². The molecule has 6 nitrogen and oxygen atoms in total. The van der Waals surface area contributed by atoms with Crippen molar-refractivity contribution in [2.24, 2.45) is 7.05 Å². The number of rotatable bonds is 4. The molecule has 0 aliphatic carbocycles. The molecule has 0 saturated heterocycles. The van der Waals surface area contributed by atoms with Gasteiger partial charge in [0.15, 0.2) is 0 Å². The molecule has 0 aliphatic heterocycles. The van der Waals surface area contributed by atoms with Crippen molar-refractivity contribution in [3.63, 3.8) is 0 Å². The highest BCUT2D eigenvalue weighted by Crippen LogP contribution is 2.09. The van der Waals surface area contributed by atoms with E-state index in [9.17, 15) is 4.79 Å². The third kappa shape index (κ3) is 2.60. The Bertz CT molecular complexity index is 536. The van der Waals surface area contributed by atoms with Crippen LogP contribution < -0.4 is 5.32 Å². The first kappa shape index (κ1) is 11.1. The second-order valence-corrected chi connectivity index (χ2v) is 3.53. The molecule has 0 spiro atoms. The van der Waals surface area contributed by atoms with E-state index >= 15 is 0 Å². The zero-order chi connectivity index (χ0) is 12.3. The summed E-state index contributed by atoms with van der Waals surface area (Å²) in [5.41, 5.74) is 1.76. The van der Waals surface area contributed by atoms with Gasteiger partial charge in [-0.3, -0.25) is 4.68 Å². The van der Waals surface area contributed by atoms with Crippen LogP contribution in [0.1, 0.15) is 16.2 Å². The molecule has 2 heterocycles. The molecule has 2 aromatic heterocycles.